The molecule has 0 saturated heterocycles. The van der Waals surface area contributed by atoms with E-state index in [4.69, 9.17) is 16.3 Å². The van der Waals surface area contributed by atoms with Crippen LogP contribution >= 0.6 is 11.6 Å². The lowest BCUT2D eigenvalue weighted by atomic mass is 10.1. The second-order valence-corrected chi connectivity index (χ2v) is 5.89. The van der Waals surface area contributed by atoms with Crippen LogP contribution in [0.1, 0.15) is 10.4 Å². The van der Waals surface area contributed by atoms with Gasteiger partial charge in [0.25, 0.3) is 5.91 Å². The molecule has 2 N–H and O–H groups in total. The van der Waals surface area contributed by atoms with Gasteiger partial charge in [0.2, 0.25) is 0 Å². The molecule has 1 amide bonds. The van der Waals surface area contributed by atoms with E-state index in [0.717, 1.165) is 6.20 Å². The molecular weight excluding hydrogens is 371 g/mol. The van der Waals surface area contributed by atoms with E-state index in [-0.39, 0.29) is 11.1 Å². The minimum absolute atomic E-state index is 0.237. The number of ether oxygens (including phenoxy) is 1. The standard InChI is InChI=1S/C19H16ClFN4O2/c1-22-19(26)13-10-24-17(20)8-16(13)25-15-5-3-4-12(18(15)27-2)14-7-6-11(21)9-23-14/h3-10H,1-2H3,(H,22,26)(H,24,25). The quantitative estimate of drug-likeness (QED) is 0.647. The summed E-state index contributed by atoms with van der Waals surface area (Å²) >= 11 is 5.99. The van der Waals surface area contributed by atoms with Crippen LogP contribution in [0.15, 0.2) is 48.8 Å². The lowest BCUT2D eigenvalue weighted by Crippen LogP contribution is -2.19. The summed E-state index contributed by atoms with van der Waals surface area (Å²) in [5.74, 6) is -0.238. The third-order valence-corrected chi connectivity index (χ3v) is 4.04. The molecule has 0 aliphatic carbocycles. The summed E-state index contributed by atoms with van der Waals surface area (Å²) < 4.78 is 18.7. The zero-order valence-electron chi connectivity index (χ0n) is 14.6. The molecule has 3 rings (SSSR count). The third kappa shape index (κ3) is 3.98. The van der Waals surface area contributed by atoms with E-state index >= 15 is 0 Å². The molecule has 138 valence electrons. The summed E-state index contributed by atoms with van der Waals surface area (Å²) in [6, 6.07) is 9.84. The smallest absolute Gasteiger partial charge is 0.254 e. The number of para-hydroxylation sites is 1. The van der Waals surface area contributed by atoms with Gasteiger partial charge < -0.3 is 15.4 Å². The van der Waals surface area contributed by atoms with Crippen LogP contribution < -0.4 is 15.4 Å². The number of rotatable bonds is 5. The van der Waals surface area contributed by atoms with Crippen LogP contribution in [0.25, 0.3) is 11.3 Å². The number of hydrogen-bond acceptors (Lipinski definition) is 5. The maximum Gasteiger partial charge on any atom is 0.254 e. The molecule has 0 unspecified atom stereocenters. The van der Waals surface area contributed by atoms with Crippen molar-refractivity contribution in [2.75, 3.05) is 19.5 Å². The summed E-state index contributed by atoms with van der Waals surface area (Å²) in [4.78, 5) is 20.2. The number of halogens is 2. The topological polar surface area (TPSA) is 76.1 Å². The van der Waals surface area contributed by atoms with Crippen molar-refractivity contribution in [3.63, 3.8) is 0 Å². The predicted molar refractivity (Wildman–Crippen MR) is 102 cm³/mol. The Hall–Kier alpha value is -3.19. The number of anilines is 2. The van der Waals surface area contributed by atoms with Crippen LogP contribution in [0.2, 0.25) is 5.15 Å². The van der Waals surface area contributed by atoms with Crippen LogP contribution in [0.4, 0.5) is 15.8 Å². The van der Waals surface area contributed by atoms with E-state index in [9.17, 15) is 9.18 Å². The molecule has 2 aromatic heterocycles. The molecule has 0 fully saturated rings. The number of carbonyl (C=O) groups is 1. The van der Waals surface area contributed by atoms with Crippen LogP contribution in [0.5, 0.6) is 5.75 Å². The van der Waals surface area contributed by atoms with Crippen molar-refractivity contribution < 1.29 is 13.9 Å². The van der Waals surface area contributed by atoms with Crippen molar-refractivity contribution in [3.05, 3.63) is 65.3 Å². The zero-order chi connectivity index (χ0) is 19.4. The molecule has 0 saturated carbocycles. The molecule has 6 nitrogen and oxygen atoms in total. The Bertz CT molecular complexity index is 980. The van der Waals surface area contributed by atoms with Crippen LogP contribution in [-0.2, 0) is 0 Å². The molecule has 0 radical (unpaired) electrons. The van der Waals surface area contributed by atoms with Crippen molar-refractivity contribution >= 4 is 28.9 Å². The van der Waals surface area contributed by atoms with Gasteiger partial charge in [-0.3, -0.25) is 9.78 Å². The molecule has 0 spiro atoms. The minimum Gasteiger partial charge on any atom is -0.494 e. The van der Waals surface area contributed by atoms with Crippen LogP contribution in [0.3, 0.4) is 0 Å². The average Bonchev–Trinajstić information content (AvgIpc) is 2.68. The molecule has 0 aliphatic heterocycles. The number of hydrogen-bond donors (Lipinski definition) is 2. The molecule has 3 aromatic rings. The fraction of sp³-hybridized carbons (Fsp3) is 0.105. The zero-order valence-corrected chi connectivity index (χ0v) is 15.3. The molecular formula is C19H16ClFN4O2. The lowest BCUT2D eigenvalue weighted by molar-refractivity contribution is 0.0963. The van der Waals surface area contributed by atoms with Gasteiger partial charge in [-0.15, -0.1) is 0 Å². The predicted octanol–water partition coefficient (Wildman–Crippen LogP) is 4.05. The summed E-state index contributed by atoms with van der Waals surface area (Å²) in [7, 11) is 3.05. The second kappa shape index (κ2) is 8.01. The number of aromatic nitrogens is 2. The highest BCUT2D eigenvalue weighted by Crippen LogP contribution is 2.37. The van der Waals surface area contributed by atoms with E-state index in [0.29, 0.717) is 33.9 Å². The number of carbonyl (C=O) groups excluding carboxylic acids is 1. The first kappa shape index (κ1) is 18.6. The lowest BCUT2D eigenvalue weighted by Gasteiger charge is -2.16. The summed E-state index contributed by atoms with van der Waals surface area (Å²) in [6.07, 6.45) is 2.53. The summed E-state index contributed by atoms with van der Waals surface area (Å²) in [5, 5.41) is 5.95. The third-order valence-electron chi connectivity index (χ3n) is 3.83. The van der Waals surface area contributed by atoms with E-state index in [1.165, 1.54) is 26.4 Å². The molecule has 2 heterocycles. The van der Waals surface area contributed by atoms with Gasteiger partial charge in [-0.25, -0.2) is 9.37 Å². The van der Waals surface area contributed by atoms with Gasteiger partial charge in [-0.05, 0) is 30.3 Å². The molecule has 0 bridgehead atoms. The van der Waals surface area contributed by atoms with Gasteiger partial charge in [0.15, 0.2) is 5.75 Å². The SMILES string of the molecule is CNC(=O)c1cnc(Cl)cc1Nc1cccc(-c2ccc(F)cn2)c1OC. The number of pyridine rings is 2. The maximum absolute atomic E-state index is 13.2. The van der Waals surface area contributed by atoms with E-state index in [1.54, 1.807) is 24.3 Å². The Morgan fingerprint density at radius 3 is 2.63 bits per heavy atom. The number of benzene rings is 1. The van der Waals surface area contributed by atoms with Crippen molar-refractivity contribution in [1.29, 1.82) is 0 Å². The van der Waals surface area contributed by atoms with Crippen LogP contribution in [0, 0.1) is 5.82 Å². The number of nitrogens with one attached hydrogen (secondary N) is 2. The Balaban J connectivity index is 2.06. The number of nitrogens with zero attached hydrogens (tertiary/aromatic N) is 2. The maximum atomic E-state index is 13.2. The summed E-state index contributed by atoms with van der Waals surface area (Å²) in [5.41, 5.74) is 2.61. The van der Waals surface area contributed by atoms with E-state index in [2.05, 4.69) is 20.6 Å². The van der Waals surface area contributed by atoms with Gasteiger partial charge in [-0.1, -0.05) is 17.7 Å². The van der Waals surface area contributed by atoms with Crippen molar-refractivity contribution in [3.8, 4) is 17.0 Å². The number of methoxy groups -OCH3 is 1. The molecule has 27 heavy (non-hydrogen) atoms. The average molecular weight is 387 g/mol. The molecule has 0 aliphatic rings. The Labute approximate surface area is 160 Å². The molecule has 8 heteroatoms. The van der Waals surface area contributed by atoms with Crippen LogP contribution in [-0.4, -0.2) is 30.0 Å². The highest BCUT2D eigenvalue weighted by Gasteiger charge is 2.16. The fourth-order valence-electron chi connectivity index (χ4n) is 2.59. The van der Waals surface area contributed by atoms with Crippen molar-refractivity contribution in [2.45, 2.75) is 0 Å². The van der Waals surface area contributed by atoms with Crippen molar-refractivity contribution in [1.82, 2.24) is 15.3 Å². The van der Waals surface area contributed by atoms with Gasteiger partial charge >= 0.3 is 0 Å². The van der Waals surface area contributed by atoms with Gasteiger partial charge in [0, 0.05) is 18.8 Å². The Kier molecular flexibility index (Phi) is 5.52. The highest BCUT2D eigenvalue weighted by molar-refractivity contribution is 6.29. The minimum atomic E-state index is -0.423. The van der Waals surface area contributed by atoms with Gasteiger partial charge in [-0.2, -0.15) is 0 Å². The highest BCUT2D eigenvalue weighted by atomic mass is 35.5. The van der Waals surface area contributed by atoms with Crippen molar-refractivity contribution in [2.24, 2.45) is 0 Å². The fourth-order valence-corrected chi connectivity index (χ4v) is 2.74. The largest absolute Gasteiger partial charge is 0.494 e. The Morgan fingerprint density at radius 2 is 1.96 bits per heavy atom. The monoisotopic (exact) mass is 386 g/mol. The molecule has 0 atom stereocenters. The number of amides is 1. The normalized spacial score (nSPS) is 10.4. The Morgan fingerprint density at radius 1 is 1.15 bits per heavy atom. The van der Waals surface area contributed by atoms with E-state index in [1.807, 2.05) is 6.07 Å². The van der Waals surface area contributed by atoms with Gasteiger partial charge in [0.05, 0.1) is 35.9 Å². The molecule has 1 aromatic carbocycles. The first-order valence-electron chi connectivity index (χ1n) is 7.97. The van der Waals surface area contributed by atoms with Gasteiger partial charge in [0.1, 0.15) is 11.0 Å². The first-order chi connectivity index (χ1) is 13.0. The summed E-state index contributed by atoms with van der Waals surface area (Å²) in [6.45, 7) is 0. The van der Waals surface area contributed by atoms with E-state index < -0.39 is 5.82 Å². The second-order valence-electron chi connectivity index (χ2n) is 5.50. The first-order valence-corrected chi connectivity index (χ1v) is 8.35.